The highest BCUT2D eigenvalue weighted by Gasteiger charge is 2.07. The fourth-order valence-corrected chi connectivity index (χ4v) is 0.907. The van der Waals surface area contributed by atoms with E-state index in [1.807, 2.05) is 12.2 Å². The number of nitrogens with two attached hydrogens (primary N) is 1. The molecule has 0 saturated heterocycles. The summed E-state index contributed by atoms with van der Waals surface area (Å²) in [6, 6.07) is 0. The topological polar surface area (TPSA) is 26.0 Å². The largest absolute Gasteiger partial charge is 0.402 e. The molecule has 2 radical (unpaired) electrons. The van der Waals surface area contributed by atoms with E-state index in [0.717, 1.165) is 17.6 Å². The quantitative estimate of drug-likeness (QED) is 0.471. The first kappa shape index (κ1) is 6.46. The summed E-state index contributed by atoms with van der Waals surface area (Å²) in [5, 5.41) is 0. The molecule has 0 fully saturated rings. The van der Waals surface area contributed by atoms with Gasteiger partial charge in [-0.15, -0.1) is 5.47 Å². The molecule has 1 rings (SSSR count). The van der Waals surface area contributed by atoms with Crippen LogP contribution in [0.25, 0.3) is 0 Å². The zero-order valence-electron chi connectivity index (χ0n) is 5.59. The van der Waals surface area contributed by atoms with Crippen LogP contribution in [-0.2, 0) is 0 Å². The minimum atomic E-state index is 0.426. The predicted octanol–water partition coefficient (Wildman–Crippen LogP) is 0.921. The van der Waals surface area contributed by atoms with Crippen LogP contribution in [0.2, 0.25) is 0 Å². The SMILES string of the molecule is [B]C1=CC=C(N)C(C)C1. The second-order valence-electron chi connectivity index (χ2n) is 2.51. The van der Waals surface area contributed by atoms with Crippen molar-refractivity contribution in [2.45, 2.75) is 13.3 Å². The molecule has 1 unspecified atom stereocenters. The van der Waals surface area contributed by atoms with Crippen molar-refractivity contribution in [3.05, 3.63) is 23.3 Å². The summed E-state index contributed by atoms with van der Waals surface area (Å²) in [4.78, 5) is 0. The summed E-state index contributed by atoms with van der Waals surface area (Å²) in [7, 11) is 5.55. The maximum absolute atomic E-state index is 5.60. The van der Waals surface area contributed by atoms with Gasteiger partial charge in [0.05, 0.1) is 0 Å². The molecule has 46 valence electrons. The fraction of sp³-hybridized carbons (Fsp3) is 0.429. The Morgan fingerprint density at radius 1 is 1.67 bits per heavy atom. The minimum Gasteiger partial charge on any atom is -0.402 e. The molecular weight excluding hydrogens is 109 g/mol. The molecule has 0 aliphatic heterocycles. The van der Waals surface area contributed by atoms with E-state index in [1.54, 1.807) is 0 Å². The smallest absolute Gasteiger partial charge is 0.107 e. The average molecular weight is 119 g/mol. The third-order valence-electron chi connectivity index (χ3n) is 1.60. The Morgan fingerprint density at radius 2 is 2.33 bits per heavy atom. The highest BCUT2D eigenvalue weighted by Crippen LogP contribution is 2.18. The lowest BCUT2D eigenvalue weighted by Gasteiger charge is -2.15. The fourth-order valence-electron chi connectivity index (χ4n) is 0.907. The number of rotatable bonds is 0. The number of hydrogen-bond donors (Lipinski definition) is 1. The minimum absolute atomic E-state index is 0.426. The molecule has 2 heteroatoms. The van der Waals surface area contributed by atoms with Gasteiger partial charge >= 0.3 is 0 Å². The van der Waals surface area contributed by atoms with E-state index < -0.39 is 0 Å². The van der Waals surface area contributed by atoms with E-state index in [1.165, 1.54) is 0 Å². The molecule has 1 aliphatic rings. The molecule has 1 aliphatic carbocycles. The Bertz CT molecular complexity index is 170. The number of allylic oxidation sites excluding steroid dienone is 4. The van der Waals surface area contributed by atoms with E-state index in [-0.39, 0.29) is 0 Å². The van der Waals surface area contributed by atoms with Gasteiger partial charge in [0.15, 0.2) is 0 Å². The zero-order chi connectivity index (χ0) is 6.85. The highest BCUT2D eigenvalue weighted by atomic mass is 14.6. The van der Waals surface area contributed by atoms with Gasteiger partial charge < -0.3 is 5.73 Å². The molecule has 1 nitrogen and oxygen atoms in total. The Kier molecular flexibility index (Phi) is 1.65. The predicted molar refractivity (Wildman–Crippen MR) is 39.9 cm³/mol. The highest BCUT2D eigenvalue weighted by molar-refractivity contribution is 6.21. The van der Waals surface area contributed by atoms with E-state index in [9.17, 15) is 0 Å². The van der Waals surface area contributed by atoms with Gasteiger partial charge in [-0.3, -0.25) is 0 Å². The Labute approximate surface area is 57.0 Å². The molecule has 0 spiro atoms. The molecule has 1 atom stereocenters. The second kappa shape index (κ2) is 2.30. The van der Waals surface area contributed by atoms with E-state index in [2.05, 4.69) is 6.92 Å². The lowest BCUT2D eigenvalue weighted by atomic mass is 9.82. The first-order chi connectivity index (χ1) is 4.20. The molecule has 0 aromatic heterocycles. The van der Waals surface area contributed by atoms with Gasteiger partial charge in [0, 0.05) is 5.70 Å². The molecule has 0 bridgehead atoms. The summed E-state index contributed by atoms with van der Waals surface area (Å²) in [5.41, 5.74) is 7.46. The van der Waals surface area contributed by atoms with Crippen molar-refractivity contribution in [2.24, 2.45) is 11.7 Å². The van der Waals surface area contributed by atoms with Crippen LogP contribution in [0.15, 0.2) is 23.3 Å². The molecule has 0 aromatic carbocycles. The van der Waals surface area contributed by atoms with E-state index in [0.29, 0.717) is 5.92 Å². The van der Waals surface area contributed by atoms with E-state index in [4.69, 9.17) is 13.6 Å². The molecule has 2 N–H and O–H groups in total. The van der Waals surface area contributed by atoms with Crippen molar-refractivity contribution in [1.29, 1.82) is 0 Å². The normalized spacial score (nSPS) is 27.0. The van der Waals surface area contributed by atoms with Crippen LogP contribution >= 0.6 is 0 Å². The van der Waals surface area contributed by atoms with Crippen LogP contribution in [0.5, 0.6) is 0 Å². The summed E-state index contributed by atoms with van der Waals surface area (Å²) in [6.07, 6.45) is 4.65. The van der Waals surface area contributed by atoms with Crippen LogP contribution in [0, 0.1) is 5.92 Å². The van der Waals surface area contributed by atoms with Gasteiger partial charge in [-0.1, -0.05) is 13.0 Å². The van der Waals surface area contributed by atoms with Crippen molar-refractivity contribution in [1.82, 2.24) is 0 Å². The van der Waals surface area contributed by atoms with Crippen LogP contribution < -0.4 is 5.73 Å². The van der Waals surface area contributed by atoms with Crippen LogP contribution in [-0.4, -0.2) is 7.85 Å². The molecule has 9 heavy (non-hydrogen) atoms. The standard InChI is InChI=1S/C7H10BN/c1-5-4-6(8)2-3-7(5)9/h2-3,5H,4,9H2,1H3. The first-order valence-corrected chi connectivity index (χ1v) is 3.12. The van der Waals surface area contributed by atoms with Crippen LogP contribution in [0.1, 0.15) is 13.3 Å². The molecular formula is C7H10BN. The molecule has 0 aromatic rings. The third kappa shape index (κ3) is 1.38. The zero-order valence-corrected chi connectivity index (χ0v) is 5.59. The molecule has 0 heterocycles. The second-order valence-corrected chi connectivity index (χ2v) is 2.51. The maximum atomic E-state index is 5.60. The van der Waals surface area contributed by atoms with Gasteiger partial charge in [0.1, 0.15) is 7.85 Å². The molecule has 0 amide bonds. The number of hydrogen-bond acceptors (Lipinski definition) is 1. The maximum Gasteiger partial charge on any atom is 0.107 e. The summed E-state index contributed by atoms with van der Waals surface area (Å²) in [5.74, 6) is 0.426. The van der Waals surface area contributed by atoms with Gasteiger partial charge in [-0.2, -0.15) is 0 Å². The van der Waals surface area contributed by atoms with Crippen LogP contribution in [0.3, 0.4) is 0 Å². The Morgan fingerprint density at radius 3 is 2.78 bits per heavy atom. The first-order valence-electron chi connectivity index (χ1n) is 3.12. The lowest BCUT2D eigenvalue weighted by Crippen LogP contribution is -2.12. The Balaban J connectivity index is 2.74. The van der Waals surface area contributed by atoms with Crippen molar-refractivity contribution in [2.75, 3.05) is 0 Å². The van der Waals surface area contributed by atoms with Gasteiger partial charge in [0.25, 0.3) is 0 Å². The monoisotopic (exact) mass is 119 g/mol. The van der Waals surface area contributed by atoms with E-state index >= 15 is 0 Å². The molecule has 0 saturated carbocycles. The average Bonchev–Trinajstić information content (AvgIpc) is 1.80. The van der Waals surface area contributed by atoms with Crippen LogP contribution in [0.4, 0.5) is 0 Å². The van der Waals surface area contributed by atoms with Crippen molar-refractivity contribution in [3.63, 3.8) is 0 Å². The lowest BCUT2D eigenvalue weighted by molar-refractivity contribution is 0.670. The summed E-state index contributed by atoms with van der Waals surface area (Å²) in [6.45, 7) is 2.08. The van der Waals surface area contributed by atoms with Crippen molar-refractivity contribution >= 4 is 7.85 Å². The van der Waals surface area contributed by atoms with Crippen molar-refractivity contribution in [3.8, 4) is 0 Å². The Hall–Kier alpha value is -0.655. The summed E-state index contributed by atoms with van der Waals surface area (Å²) >= 11 is 0. The third-order valence-corrected chi connectivity index (χ3v) is 1.60. The summed E-state index contributed by atoms with van der Waals surface area (Å²) < 4.78 is 0. The van der Waals surface area contributed by atoms with Gasteiger partial charge in [0.2, 0.25) is 0 Å². The van der Waals surface area contributed by atoms with Gasteiger partial charge in [-0.05, 0) is 18.4 Å². The van der Waals surface area contributed by atoms with Crippen molar-refractivity contribution < 1.29 is 0 Å². The van der Waals surface area contributed by atoms with Gasteiger partial charge in [-0.25, -0.2) is 0 Å².